The molecular weight excluding hydrogens is 227 g/mol. The lowest BCUT2D eigenvalue weighted by molar-refractivity contribution is 0.627. The standard InChI is InChI=1S/C15H9FN2/c16-12-5-7-13(8-6-12)18-10-11-3-1-2-4-14(11)15(18)9-17/h1-8,10H. The molecule has 1 aromatic heterocycles. The minimum absolute atomic E-state index is 0.283. The van der Waals surface area contributed by atoms with Gasteiger partial charge in [0.1, 0.15) is 17.6 Å². The summed E-state index contributed by atoms with van der Waals surface area (Å²) >= 11 is 0. The number of nitriles is 1. The number of benzene rings is 2. The topological polar surface area (TPSA) is 28.7 Å². The quantitative estimate of drug-likeness (QED) is 0.634. The highest BCUT2D eigenvalue weighted by atomic mass is 19.1. The Morgan fingerprint density at radius 1 is 1.00 bits per heavy atom. The molecule has 0 bridgehead atoms. The molecule has 0 unspecified atom stereocenters. The molecule has 0 saturated heterocycles. The highest BCUT2D eigenvalue weighted by Gasteiger charge is 2.09. The van der Waals surface area contributed by atoms with Crippen LogP contribution in [0.1, 0.15) is 5.69 Å². The van der Waals surface area contributed by atoms with E-state index in [1.807, 2.05) is 30.5 Å². The van der Waals surface area contributed by atoms with Crippen LogP contribution in [0.4, 0.5) is 4.39 Å². The van der Waals surface area contributed by atoms with Gasteiger partial charge in [0.15, 0.2) is 0 Å². The molecule has 0 aliphatic carbocycles. The van der Waals surface area contributed by atoms with Crippen LogP contribution in [0, 0.1) is 17.1 Å². The van der Waals surface area contributed by atoms with Crippen molar-refractivity contribution in [3.05, 3.63) is 66.2 Å². The molecule has 86 valence electrons. The van der Waals surface area contributed by atoms with E-state index in [1.165, 1.54) is 12.1 Å². The summed E-state index contributed by atoms with van der Waals surface area (Å²) in [5.41, 5.74) is 1.35. The Labute approximate surface area is 104 Å². The molecule has 2 nitrogen and oxygen atoms in total. The summed E-state index contributed by atoms with van der Waals surface area (Å²) in [6.45, 7) is 0. The van der Waals surface area contributed by atoms with Gasteiger partial charge in [-0.25, -0.2) is 4.39 Å². The largest absolute Gasteiger partial charge is 0.307 e. The molecule has 1 heterocycles. The summed E-state index contributed by atoms with van der Waals surface area (Å²) in [5, 5.41) is 11.2. The van der Waals surface area contributed by atoms with Gasteiger partial charge in [0.25, 0.3) is 0 Å². The van der Waals surface area contributed by atoms with E-state index in [0.717, 1.165) is 16.5 Å². The molecule has 0 radical (unpaired) electrons. The monoisotopic (exact) mass is 236 g/mol. The normalized spacial score (nSPS) is 10.4. The zero-order valence-corrected chi connectivity index (χ0v) is 9.47. The fraction of sp³-hybridized carbons (Fsp3) is 0. The third-order valence-corrected chi connectivity index (χ3v) is 2.94. The number of halogens is 1. The molecule has 0 saturated carbocycles. The summed E-state index contributed by atoms with van der Waals surface area (Å²) in [5.74, 6) is -0.283. The van der Waals surface area contributed by atoms with Crippen molar-refractivity contribution in [1.82, 2.24) is 4.57 Å². The van der Waals surface area contributed by atoms with E-state index in [-0.39, 0.29) is 5.82 Å². The van der Waals surface area contributed by atoms with Crippen molar-refractivity contribution in [1.29, 1.82) is 5.26 Å². The predicted octanol–water partition coefficient (Wildman–Crippen LogP) is 3.64. The molecule has 3 heteroatoms. The lowest BCUT2D eigenvalue weighted by Crippen LogP contribution is -1.95. The SMILES string of the molecule is N#Cc1c2ccccc2cn1-c1ccc(F)cc1. The van der Waals surface area contributed by atoms with Crippen LogP contribution in [0.15, 0.2) is 54.7 Å². The van der Waals surface area contributed by atoms with Crippen LogP contribution in [0.2, 0.25) is 0 Å². The maximum Gasteiger partial charge on any atom is 0.132 e. The van der Waals surface area contributed by atoms with Gasteiger partial charge in [-0.1, -0.05) is 24.3 Å². The van der Waals surface area contributed by atoms with Crippen LogP contribution >= 0.6 is 0 Å². The fourth-order valence-electron chi connectivity index (χ4n) is 2.08. The van der Waals surface area contributed by atoms with E-state index in [0.29, 0.717) is 5.69 Å². The maximum absolute atomic E-state index is 12.9. The smallest absolute Gasteiger partial charge is 0.132 e. The zero-order chi connectivity index (χ0) is 12.5. The van der Waals surface area contributed by atoms with E-state index in [9.17, 15) is 9.65 Å². The molecule has 2 aromatic carbocycles. The first-order valence-corrected chi connectivity index (χ1v) is 5.56. The van der Waals surface area contributed by atoms with Gasteiger partial charge in [-0.3, -0.25) is 0 Å². The average molecular weight is 236 g/mol. The highest BCUT2D eigenvalue weighted by Crippen LogP contribution is 2.24. The molecule has 0 fully saturated rings. The second kappa shape index (κ2) is 4.01. The molecule has 18 heavy (non-hydrogen) atoms. The Bertz CT molecular complexity index is 748. The molecule has 0 N–H and O–H groups in total. The van der Waals surface area contributed by atoms with Crippen molar-refractivity contribution < 1.29 is 4.39 Å². The van der Waals surface area contributed by atoms with Crippen molar-refractivity contribution in [2.75, 3.05) is 0 Å². The molecule has 3 aromatic rings. The van der Waals surface area contributed by atoms with Crippen molar-refractivity contribution in [2.24, 2.45) is 0 Å². The minimum atomic E-state index is -0.283. The minimum Gasteiger partial charge on any atom is -0.307 e. The summed E-state index contributed by atoms with van der Waals surface area (Å²) < 4.78 is 14.7. The Morgan fingerprint density at radius 3 is 2.44 bits per heavy atom. The molecular formula is C15H9FN2. The molecule has 3 rings (SSSR count). The molecule has 0 spiro atoms. The van der Waals surface area contributed by atoms with Crippen molar-refractivity contribution in [3.8, 4) is 11.8 Å². The fourth-order valence-corrected chi connectivity index (χ4v) is 2.08. The van der Waals surface area contributed by atoms with Gasteiger partial charge in [-0.05, 0) is 24.3 Å². The van der Waals surface area contributed by atoms with Gasteiger partial charge in [0.05, 0.1) is 0 Å². The highest BCUT2D eigenvalue weighted by molar-refractivity contribution is 5.88. The first-order chi connectivity index (χ1) is 8.79. The van der Waals surface area contributed by atoms with Crippen molar-refractivity contribution in [2.45, 2.75) is 0 Å². The zero-order valence-electron chi connectivity index (χ0n) is 9.47. The van der Waals surface area contributed by atoms with Crippen LogP contribution in [-0.2, 0) is 0 Å². The Hall–Kier alpha value is -2.60. The third kappa shape index (κ3) is 1.56. The number of nitrogens with zero attached hydrogens (tertiary/aromatic N) is 2. The number of rotatable bonds is 1. The van der Waals surface area contributed by atoms with E-state index in [1.54, 1.807) is 16.7 Å². The first-order valence-electron chi connectivity index (χ1n) is 5.56. The van der Waals surface area contributed by atoms with Crippen molar-refractivity contribution in [3.63, 3.8) is 0 Å². The first kappa shape index (κ1) is 10.5. The number of aromatic nitrogens is 1. The van der Waals surface area contributed by atoms with Gasteiger partial charge < -0.3 is 4.57 Å². The molecule has 0 atom stereocenters. The van der Waals surface area contributed by atoms with E-state index < -0.39 is 0 Å². The average Bonchev–Trinajstić information content (AvgIpc) is 2.78. The van der Waals surface area contributed by atoms with Gasteiger partial charge >= 0.3 is 0 Å². The van der Waals surface area contributed by atoms with Gasteiger partial charge in [-0.15, -0.1) is 0 Å². The number of hydrogen-bond acceptors (Lipinski definition) is 1. The van der Waals surface area contributed by atoms with Crippen LogP contribution in [-0.4, -0.2) is 4.57 Å². The third-order valence-electron chi connectivity index (χ3n) is 2.94. The Kier molecular flexibility index (Phi) is 2.35. The van der Waals surface area contributed by atoms with Gasteiger partial charge in [0, 0.05) is 22.7 Å². The van der Waals surface area contributed by atoms with E-state index in [2.05, 4.69) is 6.07 Å². The molecule has 0 aliphatic heterocycles. The van der Waals surface area contributed by atoms with Crippen LogP contribution < -0.4 is 0 Å². The van der Waals surface area contributed by atoms with Crippen LogP contribution in [0.25, 0.3) is 16.5 Å². The predicted molar refractivity (Wildman–Crippen MR) is 67.9 cm³/mol. The lowest BCUT2D eigenvalue weighted by atomic mass is 10.2. The van der Waals surface area contributed by atoms with E-state index >= 15 is 0 Å². The van der Waals surface area contributed by atoms with Gasteiger partial charge in [0.2, 0.25) is 0 Å². The van der Waals surface area contributed by atoms with Gasteiger partial charge in [-0.2, -0.15) is 5.26 Å². The number of fused-ring (bicyclic) bond motifs is 1. The van der Waals surface area contributed by atoms with Crippen LogP contribution in [0.5, 0.6) is 0 Å². The second-order valence-corrected chi connectivity index (χ2v) is 4.02. The summed E-state index contributed by atoms with van der Waals surface area (Å²) in [4.78, 5) is 0. The lowest BCUT2D eigenvalue weighted by Gasteiger charge is -2.03. The number of hydrogen-bond donors (Lipinski definition) is 0. The summed E-state index contributed by atoms with van der Waals surface area (Å²) in [6.07, 6.45) is 1.89. The maximum atomic E-state index is 12.9. The summed E-state index contributed by atoms with van der Waals surface area (Å²) in [6, 6.07) is 16.0. The second-order valence-electron chi connectivity index (χ2n) is 4.02. The Morgan fingerprint density at radius 2 is 1.72 bits per heavy atom. The van der Waals surface area contributed by atoms with E-state index in [4.69, 9.17) is 0 Å². The van der Waals surface area contributed by atoms with Crippen molar-refractivity contribution >= 4 is 10.8 Å². The molecule has 0 amide bonds. The molecule has 0 aliphatic rings. The summed E-state index contributed by atoms with van der Waals surface area (Å²) in [7, 11) is 0. The van der Waals surface area contributed by atoms with Crippen LogP contribution in [0.3, 0.4) is 0 Å². The Balaban J connectivity index is 2.29.